The SMILES string of the molecule is COc1ccc2c(N(C)CCC#N)nc(N(C)CCCN(C)C)nc2c1. The molecule has 1 aromatic heterocycles. The molecule has 0 N–H and O–H groups in total. The van der Waals surface area contributed by atoms with Gasteiger partial charge in [0, 0.05) is 38.6 Å². The molecule has 1 aromatic carbocycles. The Morgan fingerprint density at radius 2 is 1.81 bits per heavy atom. The predicted octanol–water partition coefficient (Wildman–Crippen LogP) is 2.38. The number of nitrogens with zero attached hydrogens (tertiary/aromatic N) is 6. The monoisotopic (exact) mass is 356 g/mol. The summed E-state index contributed by atoms with van der Waals surface area (Å²) in [6.07, 6.45) is 1.48. The third-order valence-corrected chi connectivity index (χ3v) is 4.23. The van der Waals surface area contributed by atoms with Crippen LogP contribution in [0.2, 0.25) is 0 Å². The molecule has 0 unspecified atom stereocenters. The average Bonchev–Trinajstić information content (AvgIpc) is 2.64. The van der Waals surface area contributed by atoms with E-state index in [2.05, 4.69) is 30.0 Å². The van der Waals surface area contributed by atoms with Crippen LogP contribution in [0.15, 0.2) is 18.2 Å². The molecule has 26 heavy (non-hydrogen) atoms. The lowest BCUT2D eigenvalue weighted by Gasteiger charge is -2.23. The summed E-state index contributed by atoms with van der Waals surface area (Å²) in [4.78, 5) is 15.8. The Morgan fingerprint density at radius 1 is 1.04 bits per heavy atom. The number of hydrogen-bond acceptors (Lipinski definition) is 7. The van der Waals surface area contributed by atoms with Crippen LogP contribution >= 0.6 is 0 Å². The third kappa shape index (κ3) is 4.96. The van der Waals surface area contributed by atoms with Crippen molar-refractivity contribution in [3.63, 3.8) is 0 Å². The van der Waals surface area contributed by atoms with Crippen molar-refractivity contribution in [1.82, 2.24) is 14.9 Å². The van der Waals surface area contributed by atoms with E-state index in [4.69, 9.17) is 20.0 Å². The van der Waals surface area contributed by atoms with E-state index in [1.165, 1.54) is 0 Å². The van der Waals surface area contributed by atoms with Gasteiger partial charge in [-0.1, -0.05) is 0 Å². The average molecular weight is 356 g/mol. The summed E-state index contributed by atoms with van der Waals surface area (Å²) in [7, 11) is 9.76. The van der Waals surface area contributed by atoms with E-state index in [0.29, 0.717) is 18.9 Å². The molecule has 0 aliphatic carbocycles. The molecular weight excluding hydrogens is 328 g/mol. The minimum Gasteiger partial charge on any atom is -0.497 e. The van der Waals surface area contributed by atoms with Gasteiger partial charge in [0.15, 0.2) is 0 Å². The standard InChI is InChI=1S/C19H28N6O/c1-23(2)11-7-13-25(4)19-21-17-14-15(26-5)8-9-16(17)18(22-19)24(3)12-6-10-20/h8-9,14H,6-7,11-13H2,1-5H3. The van der Waals surface area contributed by atoms with Crippen LogP contribution in [0, 0.1) is 11.3 Å². The van der Waals surface area contributed by atoms with Gasteiger partial charge >= 0.3 is 0 Å². The highest BCUT2D eigenvalue weighted by atomic mass is 16.5. The van der Waals surface area contributed by atoms with Gasteiger partial charge < -0.3 is 19.4 Å². The van der Waals surface area contributed by atoms with Crippen LogP contribution in [0.3, 0.4) is 0 Å². The summed E-state index contributed by atoms with van der Waals surface area (Å²) in [6.45, 7) is 2.51. The van der Waals surface area contributed by atoms with E-state index >= 15 is 0 Å². The van der Waals surface area contributed by atoms with Crippen molar-refractivity contribution in [3.8, 4) is 11.8 Å². The first-order valence-electron chi connectivity index (χ1n) is 8.76. The van der Waals surface area contributed by atoms with Gasteiger partial charge in [-0.3, -0.25) is 0 Å². The maximum absolute atomic E-state index is 8.89. The first-order chi connectivity index (χ1) is 12.5. The molecule has 1 heterocycles. The van der Waals surface area contributed by atoms with Crippen LogP contribution in [0.5, 0.6) is 5.75 Å². The van der Waals surface area contributed by atoms with Gasteiger partial charge in [-0.05, 0) is 39.2 Å². The molecule has 0 fully saturated rings. The minimum absolute atomic E-state index is 0.451. The Balaban J connectivity index is 2.38. The number of methoxy groups -OCH3 is 1. The zero-order valence-corrected chi connectivity index (χ0v) is 16.4. The van der Waals surface area contributed by atoms with Crippen LogP contribution < -0.4 is 14.5 Å². The molecule has 140 valence electrons. The smallest absolute Gasteiger partial charge is 0.227 e. The molecule has 0 radical (unpaired) electrons. The Morgan fingerprint density at radius 3 is 2.46 bits per heavy atom. The fourth-order valence-corrected chi connectivity index (χ4v) is 2.72. The molecule has 0 aliphatic heterocycles. The lowest BCUT2D eigenvalue weighted by atomic mass is 10.2. The van der Waals surface area contributed by atoms with Crippen LogP contribution in [0.1, 0.15) is 12.8 Å². The van der Waals surface area contributed by atoms with Crippen molar-refractivity contribution in [2.24, 2.45) is 0 Å². The molecule has 2 rings (SSSR count). The molecule has 0 saturated carbocycles. The highest BCUT2D eigenvalue weighted by molar-refractivity contribution is 5.91. The zero-order valence-electron chi connectivity index (χ0n) is 16.4. The van der Waals surface area contributed by atoms with E-state index in [0.717, 1.165) is 42.0 Å². The highest BCUT2D eigenvalue weighted by Gasteiger charge is 2.15. The molecule has 0 aliphatic rings. The number of rotatable bonds is 9. The van der Waals surface area contributed by atoms with E-state index in [9.17, 15) is 0 Å². The van der Waals surface area contributed by atoms with Crippen molar-refractivity contribution in [2.75, 3.05) is 64.7 Å². The number of anilines is 2. The topological polar surface area (TPSA) is 68.5 Å². The number of ether oxygens (including phenoxy) is 1. The van der Waals surface area contributed by atoms with E-state index < -0.39 is 0 Å². The van der Waals surface area contributed by atoms with Gasteiger partial charge in [-0.15, -0.1) is 0 Å². The Bertz CT molecular complexity index is 770. The summed E-state index contributed by atoms with van der Waals surface area (Å²) in [6, 6.07) is 8.00. The zero-order chi connectivity index (χ0) is 19.1. The van der Waals surface area contributed by atoms with Gasteiger partial charge in [-0.2, -0.15) is 10.2 Å². The molecule has 0 amide bonds. The predicted molar refractivity (Wildman–Crippen MR) is 106 cm³/mol. The molecular formula is C19H28N6O. The second-order valence-electron chi connectivity index (χ2n) is 6.64. The molecule has 0 saturated heterocycles. The van der Waals surface area contributed by atoms with Gasteiger partial charge in [0.2, 0.25) is 5.95 Å². The lowest BCUT2D eigenvalue weighted by molar-refractivity contribution is 0.401. The van der Waals surface area contributed by atoms with Crippen molar-refractivity contribution < 1.29 is 4.74 Å². The van der Waals surface area contributed by atoms with Crippen LogP contribution in [-0.4, -0.2) is 69.8 Å². The maximum atomic E-state index is 8.89. The van der Waals surface area contributed by atoms with Gasteiger partial charge in [-0.25, -0.2) is 4.98 Å². The number of hydrogen-bond donors (Lipinski definition) is 0. The second-order valence-corrected chi connectivity index (χ2v) is 6.64. The third-order valence-electron chi connectivity index (χ3n) is 4.23. The molecule has 2 aromatic rings. The van der Waals surface area contributed by atoms with Gasteiger partial charge in [0.25, 0.3) is 0 Å². The lowest BCUT2D eigenvalue weighted by Crippen LogP contribution is -2.26. The number of benzene rings is 1. The quantitative estimate of drug-likeness (QED) is 0.683. The summed E-state index contributed by atoms with van der Waals surface area (Å²) >= 11 is 0. The molecule has 7 nitrogen and oxygen atoms in total. The van der Waals surface area contributed by atoms with Gasteiger partial charge in [0.05, 0.1) is 25.1 Å². The van der Waals surface area contributed by atoms with E-state index in [1.807, 2.05) is 37.2 Å². The number of aromatic nitrogens is 2. The summed E-state index contributed by atoms with van der Waals surface area (Å²) in [5.74, 6) is 2.29. The second kappa shape index (κ2) is 9.20. The normalized spacial score (nSPS) is 10.8. The van der Waals surface area contributed by atoms with Crippen molar-refractivity contribution in [1.29, 1.82) is 5.26 Å². The minimum atomic E-state index is 0.451. The number of fused-ring (bicyclic) bond motifs is 1. The molecule has 0 atom stereocenters. The Hall–Kier alpha value is -2.59. The first kappa shape index (κ1) is 19.7. The summed E-state index contributed by atoms with van der Waals surface area (Å²) in [5, 5.41) is 9.85. The fourth-order valence-electron chi connectivity index (χ4n) is 2.72. The van der Waals surface area contributed by atoms with E-state index in [1.54, 1.807) is 7.11 Å². The first-order valence-corrected chi connectivity index (χ1v) is 8.76. The largest absolute Gasteiger partial charge is 0.497 e. The highest BCUT2D eigenvalue weighted by Crippen LogP contribution is 2.28. The number of nitriles is 1. The summed E-state index contributed by atoms with van der Waals surface area (Å²) < 4.78 is 5.34. The van der Waals surface area contributed by atoms with Crippen LogP contribution in [-0.2, 0) is 0 Å². The Labute approximate surface area is 155 Å². The van der Waals surface area contributed by atoms with Crippen LogP contribution in [0.4, 0.5) is 11.8 Å². The maximum Gasteiger partial charge on any atom is 0.227 e. The van der Waals surface area contributed by atoms with Crippen molar-refractivity contribution in [3.05, 3.63) is 18.2 Å². The molecule has 7 heteroatoms. The van der Waals surface area contributed by atoms with Crippen molar-refractivity contribution in [2.45, 2.75) is 12.8 Å². The fraction of sp³-hybridized carbons (Fsp3) is 0.526. The Kier molecular flexibility index (Phi) is 6.98. The molecule has 0 spiro atoms. The van der Waals surface area contributed by atoms with Crippen molar-refractivity contribution >= 4 is 22.7 Å². The summed E-state index contributed by atoms with van der Waals surface area (Å²) in [5.41, 5.74) is 0.840. The molecule has 0 bridgehead atoms. The van der Waals surface area contributed by atoms with Gasteiger partial charge in [0.1, 0.15) is 11.6 Å². The van der Waals surface area contributed by atoms with E-state index in [-0.39, 0.29) is 0 Å². The van der Waals surface area contributed by atoms with Crippen LogP contribution in [0.25, 0.3) is 10.9 Å².